The topological polar surface area (TPSA) is 86.9 Å². The van der Waals surface area contributed by atoms with Gasteiger partial charge in [-0.2, -0.15) is 0 Å². The number of H-pyrrole nitrogens is 1. The molecule has 0 aliphatic carbocycles. The van der Waals surface area contributed by atoms with E-state index in [0.29, 0.717) is 10.6 Å². The Kier molecular flexibility index (Phi) is 5.02. The number of nitrogens with zero attached hydrogens (tertiary/aromatic N) is 1. The summed E-state index contributed by atoms with van der Waals surface area (Å²) in [6, 6.07) is 12.2. The van der Waals surface area contributed by atoms with E-state index in [-0.39, 0.29) is 11.7 Å². The number of hydrogen-bond acceptors (Lipinski definition) is 4. The maximum atomic E-state index is 12.0. The number of hydrazine groups is 1. The summed E-state index contributed by atoms with van der Waals surface area (Å²) in [5, 5.41) is 0.644. The molecule has 2 amide bonds. The van der Waals surface area contributed by atoms with Crippen molar-refractivity contribution in [1.82, 2.24) is 20.8 Å². The van der Waals surface area contributed by atoms with Gasteiger partial charge >= 0.3 is 0 Å². The molecule has 0 spiro atoms. The predicted molar refractivity (Wildman–Crippen MR) is 93.9 cm³/mol. The van der Waals surface area contributed by atoms with Gasteiger partial charge in [0.25, 0.3) is 5.91 Å². The summed E-state index contributed by atoms with van der Waals surface area (Å²) in [6.45, 7) is 0. The number of hydrogen-bond donors (Lipinski definition) is 3. The van der Waals surface area contributed by atoms with Crippen molar-refractivity contribution in [2.24, 2.45) is 0 Å². The minimum Gasteiger partial charge on any atom is -0.345 e. The van der Waals surface area contributed by atoms with Crippen LogP contribution in [0.4, 0.5) is 0 Å². The number of halogens is 1. The Morgan fingerprint density at radius 2 is 1.92 bits per heavy atom. The molecule has 0 atom stereocenters. The van der Waals surface area contributed by atoms with Gasteiger partial charge in [0, 0.05) is 15.5 Å². The van der Waals surface area contributed by atoms with Crippen LogP contribution >= 0.6 is 23.4 Å². The average molecular weight is 361 g/mol. The molecule has 0 fully saturated rings. The maximum Gasteiger partial charge on any atom is 0.269 e. The number of amides is 2. The van der Waals surface area contributed by atoms with Crippen LogP contribution in [0.2, 0.25) is 5.02 Å². The van der Waals surface area contributed by atoms with Crippen molar-refractivity contribution < 1.29 is 9.59 Å². The summed E-state index contributed by atoms with van der Waals surface area (Å²) < 4.78 is 0. The minimum atomic E-state index is -0.392. The molecule has 3 rings (SSSR count). The highest BCUT2D eigenvalue weighted by molar-refractivity contribution is 8.00. The molecule has 24 heavy (non-hydrogen) atoms. The predicted octanol–water partition coefficient (Wildman–Crippen LogP) is 2.77. The third-order valence-electron chi connectivity index (χ3n) is 3.18. The highest BCUT2D eigenvalue weighted by Gasteiger charge is 2.09. The van der Waals surface area contributed by atoms with Crippen molar-refractivity contribution in [2.45, 2.75) is 4.90 Å². The van der Waals surface area contributed by atoms with E-state index in [1.54, 1.807) is 36.7 Å². The normalized spacial score (nSPS) is 10.5. The van der Waals surface area contributed by atoms with E-state index in [4.69, 9.17) is 11.6 Å². The summed E-state index contributed by atoms with van der Waals surface area (Å²) in [5.41, 5.74) is 6.74. The first kappa shape index (κ1) is 16.4. The van der Waals surface area contributed by atoms with Gasteiger partial charge < -0.3 is 4.98 Å². The van der Waals surface area contributed by atoms with Crippen LogP contribution < -0.4 is 10.9 Å². The van der Waals surface area contributed by atoms with Gasteiger partial charge in [-0.05, 0) is 42.5 Å². The number of rotatable bonds is 4. The monoisotopic (exact) mass is 360 g/mol. The number of nitrogens with one attached hydrogen (secondary N) is 3. The van der Waals surface area contributed by atoms with Crippen LogP contribution in [0.25, 0.3) is 11.0 Å². The van der Waals surface area contributed by atoms with Crippen molar-refractivity contribution in [1.29, 1.82) is 0 Å². The number of carbonyl (C=O) groups is 2. The lowest BCUT2D eigenvalue weighted by Gasteiger charge is -2.07. The number of benzene rings is 2. The van der Waals surface area contributed by atoms with E-state index in [1.807, 2.05) is 12.1 Å². The second kappa shape index (κ2) is 7.37. The van der Waals surface area contributed by atoms with E-state index in [9.17, 15) is 9.59 Å². The number of imidazole rings is 1. The van der Waals surface area contributed by atoms with Crippen molar-refractivity contribution in [3.63, 3.8) is 0 Å². The first-order valence-electron chi connectivity index (χ1n) is 7.02. The minimum absolute atomic E-state index is 0.182. The van der Waals surface area contributed by atoms with Crippen LogP contribution in [0.15, 0.2) is 53.7 Å². The highest BCUT2D eigenvalue weighted by Crippen LogP contribution is 2.19. The summed E-state index contributed by atoms with van der Waals surface area (Å²) in [5.74, 6) is -0.510. The van der Waals surface area contributed by atoms with Gasteiger partial charge in [-0.1, -0.05) is 11.6 Å². The molecule has 0 aliphatic heterocycles. The van der Waals surface area contributed by atoms with Crippen molar-refractivity contribution in [2.75, 3.05) is 5.75 Å². The molecule has 3 N–H and O–H groups in total. The average Bonchev–Trinajstić information content (AvgIpc) is 3.06. The lowest BCUT2D eigenvalue weighted by Crippen LogP contribution is -2.42. The Morgan fingerprint density at radius 1 is 1.12 bits per heavy atom. The zero-order chi connectivity index (χ0) is 16.9. The molecule has 0 aliphatic rings. The van der Waals surface area contributed by atoms with E-state index in [2.05, 4.69) is 20.8 Å². The lowest BCUT2D eigenvalue weighted by atomic mass is 10.2. The van der Waals surface area contributed by atoms with Crippen LogP contribution in [0.3, 0.4) is 0 Å². The van der Waals surface area contributed by atoms with Gasteiger partial charge in [-0.3, -0.25) is 20.4 Å². The van der Waals surface area contributed by atoms with Gasteiger partial charge in [-0.25, -0.2) is 4.98 Å². The molecule has 0 radical (unpaired) electrons. The first-order chi connectivity index (χ1) is 11.6. The van der Waals surface area contributed by atoms with Crippen LogP contribution in [-0.2, 0) is 4.79 Å². The summed E-state index contributed by atoms with van der Waals surface area (Å²) >= 11 is 7.16. The largest absolute Gasteiger partial charge is 0.345 e. The van der Waals surface area contributed by atoms with Crippen LogP contribution in [0.1, 0.15) is 10.4 Å². The number of thioether (sulfide) groups is 1. The highest BCUT2D eigenvalue weighted by atomic mass is 35.5. The van der Waals surface area contributed by atoms with Crippen LogP contribution in [0.5, 0.6) is 0 Å². The lowest BCUT2D eigenvalue weighted by molar-refractivity contribution is -0.119. The zero-order valence-electron chi connectivity index (χ0n) is 12.4. The molecule has 6 nitrogen and oxygen atoms in total. The fourth-order valence-corrected chi connectivity index (χ4v) is 2.82. The number of carbonyl (C=O) groups excluding carboxylic acids is 2. The molecule has 1 aromatic heterocycles. The number of fused-ring (bicyclic) bond motifs is 1. The maximum absolute atomic E-state index is 12.0. The van der Waals surface area contributed by atoms with Crippen LogP contribution in [0, 0.1) is 0 Å². The standard InChI is InChI=1S/C16H13ClN4O2S/c17-11-2-4-12(5-3-11)24-8-15(22)20-21-16(23)10-1-6-13-14(7-10)19-9-18-13/h1-7,9H,8H2,(H,18,19)(H,20,22)(H,21,23). The molecule has 0 saturated heterocycles. The molecule has 1 heterocycles. The SMILES string of the molecule is O=C(CSc1ccc(Cl)cc1)NNC(=O)c1ccc2nc[nH]c2c1. The Balaban J connectivity index is 1.49. The molecule has 122 valence electrons. The van der Waals surface area contributed by atoms with Gasteiger partial charge in [-0.15, -0.1) is 11.8 Å². The molecule has 0 bridgehead atoms. The molecule has 0 unspecified atom stereocenters. The van der Waals surface area contributed by atoms with Gasteiger partial charge in [0.1, 0.15) is 0 Å². The zero-order valence-corrected chi connectivity index (χ0v) is 13.9. The summed E-state index contributed by atoms with van der Waals surface area (Å²) in [6.07, 6.45) is 1.56. The van der Waals surface area contributed by atoms with E-state index >= 15 is 0 Å². The van der Waals surface area contributed by atoms with Gasteiger partial charge in [0.2, 0.25) is 5.91 Å². The Labute approximate surface area is 147 Å². The number of aromatic amines is 1. The second-order valence-electron chi connectivity index (χ2n) is 4.88. The summed E-state index contributed by atoms with van der Waals surface area (Å²) in [4.78, 5) is 31.8. The summed E-state index contributed by atoms with van der Waals surface area (Å²) in [7, 11) is 0. The fourth-order valence-electron chi connectivity index (χ4n) is 1.99. The van der Waals surface area contributed by atoms with Gasteiger partial charge in [0.05, 0.1) is 23.1 Å². The van der Waals surface area contributed by atoms with Crippen molar-refractivity contribution in [3.8, 4) is 0 Å². The Bertz CT molecular complexity index is 879. The molecule has 3 aromatic rings. The van der Waals surface area contributed by atoms with Crippen molar-refractivity contribution in [3.05, 3.63) is 59.4 Å². The van der Waals surface area contributed by atoms with Crippen molar-refractivity contribution >= 4 is 46.2 Å². The second-order valence-corrected chi connectivity index (χ2v) is 6.36. The molecular formula is C16H13ClN4O2S. The third-order valence-corrected chi connectivity index (χ3v) is 4.45. The molecule has 2 aromatic carbocycles. The molecule has 0 saturated carbocycles. The van der Waals surface area contributed by atoms with E-state index < -0.39 is 5.91 Å². The molecule has 8 heteroatoms. The van der Waals surface area contributed by atoms with Crippen LogP contribution in [-0.4, -0.2) is 27.5 Å². The Morgan fingerprint density at radius 3 is 2.71 bits per heavy atom. The van der Waals surface area contributed by atoms with E-state index in [0.717, 1.165) is 15.9 Å². The fraction of sp³-hybridized carbons (Fsp3) is 0.0625. The third kappa shape index (κ3) is 4.06. The smallest absolute Gasteiger partial charge is 0.269 e. The van der Waals surface area contributed by atoms with E-state index in [1.165, 1.54) is 11.8 Å². The quantitative estimate of drug-likeness (QED) is 0.493. The first-order valence-corrected chi connectivity index (χ1v) is 8.39. The van der Waals surface area contributed by atoms with Gasteiger partial charge in [0.15, 0.2) is 0 Å². The molecular weight excluding hydrogens is 348 g/mol. The Hall–Kier alpha value is -2.51. The number of aromatic nitrogens is 2.